The molecule has 0 unspecified atom stereocenters. The molecule has 37 heavy (non-hydrogen) atoms. The number of benzene rings is 3. The fraction of sp³-hybridized carbons (Fsp3) is 0.333. The Morgan fingerprint density at radius 1 is 0.919 bits per heavy atom. The van der Waals surface area contributed by atoms with E-state index in [0.717, 1.165) is 22.3 Å². The minimum atomic E-state index is -0.745. The second-order valence-corrected chi connectivity index (χ2v) is 10.5. The van der Waals surface area contributed by atoms with Crippen LogP contribution in [0.15, 0.2) is 66.7 Å². The van der Waals surface area contributed by atoms with Crippen LogP contribution in [-0.4, -0.2) is 35.9 Å². The van der Waals surface area contributed by atoms with Gasteiger partial charge in [0.1, 0.15) is 11.8 Å². The van der Waals surface area contributed by atoms with E-state index in [1.54, 1.807) is 17.0 Å². The van der Waals surface area contributed by atoms with Crippen LogP contribution in [0, 0.1) is 19.8 Å². The van der Waals surface area contributed by atoms with E-state index in [2.05, 4.69) is 5.32 Å². The molecule has 0 saturated heterocycles. The highest BCUT2D eigenvalue weighted by molar-refractivity contribution is 6.42. The molecule has 0 fully saturated rings. The van der Waals surface area contributed by atoms with Gasteiger partial charge in [-0.2, -0.15) is 0 Å². The number of hydrogen-bond donors (Lipinski definition) is 1. The standard InChI is InChI=1S/C30H34Cl2N2O3/c1-20(2)17-33-30(36)27(16-23-8-6-5-7-9-23)34(18-24-12-13-25(31)26(32)15-24)29(35)19-37-28-14-21(3)10-11-22(28)4/h5-15,20,27H,16-19H2,1-4H3,(H,33,36)/t27-/m1/s1. The molecule has 0 spiro atoms. The highest BCUT2D eigenvalue weighted by atomic mass is 35.5. The minimum absolute atomic E-state index is 0.179. The van der Waals surface area contributed by atoms with Gasteiger partial charge in [-0.05, 0) is 60.2 Å². The molecule has 0 aliphatic heterocycles. The second kappa shape index (κ2) is 13.5. The van der Waals surface area contributed by atoms with Gasteiger partial charge in [0.15, 0.2) is 6.61 Å². The van der Waals surface area contributed by atoms with Gasteiger partial charge in [0.2, 0.25) is 5.91 Å². The minimum Gasteiger partial charge on any atom is -0.483 e. The van der Waals surface area contributed by atoms with E-state index in [-0.39, 0.29) is 30.9 Å². The summed E-state index contributed by atoms with van der Waals surface area (Å²) < 4.78 is 5.95. The van der Waals surface area contributed by atoms with Crippen LogP contribution in [0.1, 0.15) is 36.1 Å². The van der Waals surface area contributed by atoms with Crippen molar-refractivity contribution >= 4 is 35.0 Å². The van der Waals surface area contributed by atoms with Crippen molar-refractivity contribution in [1.29, 1.82) is 0 Å². The average Bonchev–Trinajstić information content (AvgIpc) is 2.87. The molecule has 7 heteroatoms. The highest BCUT2D eigenvalue weighted by Crippen LogP contribution is 2.25. The van der Waals surface area contributed by atoms with Crippen LogP contribution in [0.4, 0.5) is 0 Å². The molecular formula is C30H34Cl2N2O3. The molecule has 0 heterocycles. The molecule has 1 atom stereocenters. The van der Waals surface area contributed by atoms with Crippen molar-refractivity contribution in [2.75, 3.05) is 13.2 Å². The first-order chi connectivity index (χ1) is 17.6. The molecule has 5 nitrogen and oxygen atoms in total. The van der Waals surface area contributed by atoms with E-state index in [9.17, 15) is 9.59 Å². The second-order valence-electron chi connectivity index (χ2n) is 9.67. The van der Waals surface area contributed by atoms with Crippen LogP contribution in [-0.2, 0) is 22.6 Å². The summed E-state index contributed by atoms with van der Waals surface area (Å²) in [6, 6.07) is 20.0. The molecule has 0 aliphatic carbocycles. The van der Waals surface area contributed by atoms with Crippen LogP contribution in [0.3, 0.4) is 0 Å². The Morgan fingerprint density at radius 2 is 1.65 bits per heavy atom. The first-order valence-electron chi connectivity index (χ1n) is 12.4. The lowest BCUT2D eigenvalue weighted by Gasteiger charge is -2.32. The Balaban J connectivity index is 1.94. The molecule has 0 aromatic heterocycles. The molecule has 3 aromatic carbocycles. The maximum atomic E-state index is 13.7. The number of carbonyl (C=O) groups is 2. The SMILES string of the molecule is Cc1ccc(C)c(OCC(=O)N(Cc2ccc(Cl)c(Cl)c2)[C@H](Cc2ccccc2)C(=O)NCC(C)C)c1. The van der Waals surface area contributed by atoms with E-state index in [4.69, 9.17) is 27.9 Å². The molecule has 196 valence electrons. The third-order valence-corrected chi connectivity index (χ3v) is 6.73. The summed E-state index contributed by atoms with van der Waals surface area (Å²) in [5, 5.41) is 3.83. The van der Waals surface area contributed by atoms with E-state index >= 15 is 0 Å². The van der Waals surface area contributed by atoms with Crippen molar-refractivity contribution in [3.63, 3.8) is 0 Å². The third kappa shape index (κ3) is 8.51. The number of nitrogens with one attached hydrogen (secondary N) is 1. The Kier molecular flexibility index (Phi) is 10.4. The van der Waals surface area contributed by atoms with Crippen molar-refractivity contribution < 1.29 is 14.3 Å². The van der Waals surface area contributed by atoms with Gasteiger partial charge in [-0.25, -0.2) is 0 Å². The van der Waals surface area contributed by atoms with E-state index < -0.39 is 6.04 Å². The van der Waals surface area contributed by atoms with E-state index in [1.165, 1.54) is 0 Å². The fourth-order valence-electron chi connectivity index (χ4n) is 3.90. The first-order valence-corrected chi connectivity index (χ1v) is 13.1. The van der Waals surface area contributed by atoms with Gasteiger partial charge in [0.25, 0.3) is 5.91 Å². The lowest BCUT2D eigenvalue weighted by Crippen LogP contribution is -2.52. The summed E-state index contributed by atoms with van der Waals surface area (Å²) in [6.07, 6.45) is 0.362. The van der Waals surface area contributed by atoms with Gasteiger partial charge in [-0.1, -0.05) is 85.6 Å². The van der Waals surface area contributed by atoms with Crippen molar-refractivity contribution in [3.8, 4) is 5.75 Å². The highest BCUT2D eigenvalue weighted by Gasteiger charge is 2.31. The fourth-order valence-corrected chi connectivity index (χ4v) is 4.22. The number of carbonyl (C=O) groups excluding carboxylic acids is 2. The molecule has 0 saturated carbocycles. The predicted molar refractivity (Wildman–Crippen MR) is 150 cm³/mol. The number of aryl methyl sites for hydroxylation is 2. The lowest BCUT2D eigenvalue weighted by atomic mass is 10.0. The molecule has 1 N–H and O–H groups in total. The normalized spacial score (nSPS) is 11.8. The summed E-state index contributed by atoms with van der Waals surface area (Å²) in [5.41, 5.74) is 3.69. The Morgan fingerprint density at radius 3 is 2.32 bits per heavy atom. The van der Waals surface area contributed by atoms with Gasteiger partial charge in [0.05, 0.1) is 10.0 Å². The summed E-state index contributed by atoms with van der Waals surface area (Å²) in [4.78, 5) is 28.8. The summed E-state index contributed by atoms with van der Waals surface area (Å²) in [5.74, 6) is 0.408. The maximum absolute atomic E-state index is 13.7. The molecule has 0 bridgehead atoms. The van der Waals surface area contributed by atoms with Crippen molar-refractivity contribution in [1.82, 2.24) is 10.2 Å². The van der Waals surface area contributed by atoms with Gasteiger partial charge >= 0.3 is 0 Å². The average molecular weight is 542 g/mol. The molecule has 3 rings (SSSR count). The Hall–Kier alpha value is -3.02. The van der Waals surface area contributed by atoms with Gasteiger partial charge in [-0.15, -0.1) is 0 Å². The quantitative estimate of drug-likeness (QED) is 0.306. The third-order valence-electron chi connectivity index (χ3n) is 5.99. The zero-order chi connectivity index (χ0) is 26.9. The lowest BCUT2D eigenvalue weighted by molar-refractivity contribution is -0.142. The summed E-state index contributed by atoms with van der Waals surface area (Å²) >= 11 is 12.4. The number of amides is 2. The zero-order valence-corrected chi connectivity index (χ0v) is 23.3. The number of ether oxygens (including phenoxy) is 1. The zero-order valence-electron chi connectivity index (χ0n) is 21.8. The largest absolute Gasteiger partial charge is 0.483 e. The van der Waals surface area contributed by atoms with E-state index in [0.29, 0.717) is 28.8 Å². The molecular weight excluding hydrogens is 507 g/mol. The number of rotatable bonds is 11. The van der Waals surface area contributed by atoms with Gasteiger partial charge in [0, 0.05) is 19.5 Å². The Bertz CT molecular complexity index is 1210. The molecule has 3 aromatic rings. The topological polar surface area (TPSA) is 58.6 Å². The van der Waals surface area contributed by atoms with Crippen molar-refractivity contribution in [2.24, 2.45) is 5.92 Å². The molecule has 2 amide bonds. The Labute approximate surface area is 229 Å². The van der Waals surface area contributed by atoms with E-state index in [1.807, 2.05) is 82.3 Å². The number of hydrogen-bond acceptors (Lipinski definition) is 3. The summed E-state index contributed by atoms with van der Waals surface area (Å²) in [7, 11) is 0. The van der Waals surface area contributed by atoms with Gasteiger partial charge in [-0.3, -0.25) is 9.59 Å². The smallest absolute Gasteiger partial charge is 0.261 e. The van der Waals surface area contributed by atoms with Crippen LogP contribution in [0.2, 0.25) is 10.0 Å². The van der Waals surface area contributed by atoms with Crippen molar-refractivity contribution in [3.05, 3.63) is 99.0 Å². The summed E-state index contributed by atoms with van der Waals surface area (Å²) in [6.45, 7) is 8.46. The molecule has 0 radical (unpaired) electrons. The van der Waals surface area contributed by atoms with Crippen LogP contribution in [0.5, 0.6) is 5.75 Å². The monoisotopic (exact) mass is 540 g/mol. The van der Waals surface area contributed by atoms with Crippen molar-refractivity contribution in [2.45, 2.75) is 46.7 Å². The molecule has 0 aliphatic rings. The number of nitrogens with zero attached hydrogens (tertiary/aromatic N) is 1. The van der Waals surface area contributed by atoms with Crippen LogP contribution in [0.25, 0.3) is 0 Å². The first kappa shape index (κ1) is 28.5. The predicted octanol–water partition coefficient (Wildman–Crippen LogP) is 6.40. The van der Waals surface area contributed by atoms with Crippen LogP contribution >= 0.6 is 23.2 Å². The van der Waals surface area contributed by atoms with Gasteiger partial charge < -0.3 is 15.0 Å². The van der Waals surface area contributed by atoms with Crippen LogP contribution < -0.4 is 10.1 Å². The number of halogens is 2. The maximum Gasteiger partial charge on any atom is 0.261 e.